The van der Waals surface area contributed by atoms with Crippen molar-refractivity contribution in [1.29, 1.82) is 0 Å². The minimum absolute atomic E-state index is 0.0725. The number of hydrogen-bond donors (Lipinski definition) is 1. The largest absolute Gasteiger partial charge is 0.326 e. The topological polar surface area (TPSA) is 29.3 Å². The number of hydrogen-bond acceptors (Lipinski definition) is 3. The molecular formula is C15H18Br2N2S. The third kappa shape index (κ3) is 4.15. The molecule has 0 aliphatic carbocycles. The first kappa shape index (κ1) is 16.2. The average molecular weight is 418 g/mol. The summed E-state index contributed by atoms with van der Waals surface area (Å²) in [5.41, 5.74) is 8.77. The van der Waals surface area contributed by atoms with Gasteiger partial charge < -0.3 is 5.73 Å². The van der Waals surface area contributed by atoms with E-state index in [9.17, 15) is 0 Å². The van der Waals surface area contributed by atoms with Crippen LogP contribution in [0.1, 0.15) is 24.1 Å². The maximum absolute atomic E-state index is 6.21. The molecule has 0 fully saturated rings. The zero-order valence-corrected chi connectivity index (χ0v) is 15.5. The zero-order valence-electron chi connectivity index (χ0n) is 11.5. The minimum atomic E-state index is 0.0725. The Morgan fingerprint density at radius 1 is 1.25 bits per heavy atom. The molecule has 2 nitrogen and oxygen atoms in total. The third-order valence-corrected chi connectivity index (χ3v) is 5.32. The molecule has 0 aliphatic rings. The van der Waals surface area contributed by atoms with Crippen molar-refractivity contribution >= 4 is 43.2 Å². The number of nitrogens with two attached hydrogens (primary N) is 1. The Hall–Kier alpha value is -0.200. The van der Waals surface area contributed by atoms with Crippen LogP contribution < -0.4 is 5.73 Å². The molecule has 1 aromatic carbocycles. The van der Waals surface area contributed by atoms with Crippen molar-refractivity contribution in [2.45, 2.75) is 25.6 Å². The van der Waals surface area contributed by atoms with E-state index >= 15 is 0 Å². The van der Waals surface area contributed by atoms with Gasteiger partial charge in [0.2, 0.25) is 0 Å². The van der Waals surface area contributed by atoms with E-state index in [4.69, 9.17) is 5.73 Å². The lowest BCUT2D eigenvalue weighted by Crippen LogP contribution is -2.36. The predicted molar refractivity (Wildman–Crippen MR) is 94.0 cm³/mol. The molecule has 5 heteroatoms. The first-order valence-corrected chi connectivity index (χ1v) is 8.88. The first-order chi connectivity index (χ1) is 9.47. The van der Waals surface area contributed by atoms with Gasteiger partial charge in [0.15, 0.2) is 0 Å². The molecule has 0 bridgehead atoms. The summed E-state index contributed by atoms with van der Waals surface area (Å²) in [5, 5.41) is 2.18. The molecule has 2 atom stereocenters. The Kier molecular flexibility index (Phi) is 5.81. The number of thiophene rings is 1. The quantitative estimate of drug-likeness (QED) is 0.757. The van der Waals surface area contributed by atoms with Crippen LogP contribution in [0.15, 0.2) is 44.0 Å². The highest BCUT2D eigenvalue weighted by Crippen LogP contribution is 2.27. The molecule has 2 N–H and O–H groups in total. The van der Waals surface area contributed by atoms with Crippen LogP contribution in [0.25, 0.3) is 0 Å². The molecule has 1 heterocycles. The third-order valence-electron chi connectivity index (χ3n) is 3.24. The minimum Gasteiger partial charge on any atom is -0.326 e. The zero-order chi connectivity index (χ0) is 14.7. The van der Waals surface area contributed by atoms with Crippen molar-refractivity contribution < 1.29 is 0 Å². The van der Waals surface area contributed by atoms with Crippen LogP contribution in [0.2, 0.25) is 0 Å². The van der Waals surface area contributed by atoms with Crippen LogP contribution >= 0.6 is 43.2 Å². The van der Waals surface area contributed by atoms with Crippen LogP contribution in [-0.2, 0) is 6.54 Å². The Morgan fingerprint density at radius 3 is 2.40 bits per heavy atom. The van der Waals surface area contributed by atoms with Crippen molar-refractivity contribution in [2.24, 2.45) is 5.73 Å². The molecule has 2 rings (SSSR count). The summed E-state index contributed by atoms with van der Waals surface area (Å²) in [5.74, 6) is 0. The van der Waals surface area contributed by atoms with Crippen LogP contribution in [0, 0.1) is 0 Å². The van der Waals surface area contributed by atoms with Gasteiger partial charge in [-0.3, -0.25) is 4.90 Å². The van der Waals surface area contributed by atoms with Gasteiger partial charge in [-0.2, -0.15) is 0 Å². The van der Waals surface area contributed by atoms with Crippen molar-refractivity contribution in [2.75, 3.05) is 7.05 Å². The Morgan fingerprint density at radius 2 is 1.90 bits per heavy atom. The Labute approximate surface area is 141 Å². The molecule has 0 spiro atoms. The van der Waals surface area contributed by atoms with E-state index < -0.39 is 0 Å². The van der Waals surface area contributed by atoms with Crippen molar-refractivity contribution in [3.8, 4) is 0 Å². The van der Waals surface area contributed by atoms with E-state index in [2.05, 4.69) is 86.4 Å². The van der Waals surface area contributed by atoms with Crippen LogP contribution in [0.4, 0.5) is 0 Å². The summed E-state index contributed by atoms with van der Waals surface area (Å²) < 4.78 is 2.26. The number of likely N-dealkylation sites (N-methyl/N-ethyl adjacent to an activating group) is 1. The van der Waals surface area contributed by atoms with Gasteiger partial charge in [-0.05, 0) is 64.6 Å². The Balaban J connectivity index is 2.17. The van der Waals surface area contributed by atoms with Crippen LogP contribution in [-0.4, -0.2) is 18.0 Å². The van der Waals surface area contributed by atoms with Crippen LogP contribution in [0.3, 0.4) is 0 Å². The van der Waals surface area contributed by atoms with E-state index in [0.717, 1.165) is 11.0 Å². The van der Waals surface area contributed by atoms with E-state index in [1.807, 2.05) is 0 Å². The summed E-state index contributed by atoms with van der Waals surface area (Å²) in [6.45, 7) is 2.96. The van der Waals surface area contributed by atoms with Crippen LogP contribution in [0.5, 0.6) is 0 Å². The highest BCUT2D eigenvalue weighted by atomic mass is 79.9. The fourth-order valence-corrected chi connectivity index (χ4v) is 3.90. The van der Waals surface area contributed by atoms with E-state index in [1.54, 1.807) is 11.3 Å². The molecule has 0 amide bonds. The van der Waals surface area contributed by atoms with Gasteiger partial charge >= 0.3 is 0 Å². The van der Waals surface area contributed by atoms with Gasteiger partial charge in [-0.1, -0.05) is 28.1 Å². The summed E-state index contributed by atoms with van der Waals surface area (Å²) >= 11 is 8.70. The molecule has 0 aliphatic heterocycles. The van der Waals surface area contributed by atoms with Gasteiger partial charge in [-0.25, -0.2) is 0 Å². The second-order valence-electron chi connectivity index (χ2n) is 5.03. The van der Waals surface area contributed by atoms with Gasteiger partial charge in [0, 0.05) is 23.1 Å². The van der Waals surface area contributed by atoms with Crippen molar-refractivity contribution in [3.63, 3.8) is 0 Å². The van der Waals surface area contributed by atoms with E-state index in [1.165, 1.54) is 14.9 Å². The summed E-state index contributed by atoms with van der Waals surface area (Å²) in [4.78, 5) is 2.31. The maximum Gasteiger partial charge on any atom is 0.0701 e. The summed E-state index contributed by atoms with van der Waals surface area (Å²) in [6, 6.07) is 10.9. The molecule has 0 radical (unpaired) electrons. The van der Waals surface area contributed by atoms with Gasteiger partial charge in [0.05, 0.1) is 3.79 Å². The number of nitrogens with zero attached hydrogens (tertiary/aromatic N) is 1. The number of halogens is 2. The molecule has 1 aromatic heterocycles. The Bertz CT molecular complexity index is 551. The highest BCUT2D eigenvalue weighted by molar-refractivity contribution is 9.11. The molecule has 2 aromatic rings. The van der Waals surface area contributed by atoms with Crippen molar-refractivity contribution in [1.82, 2.24) is 4.90 Å². The summed E-state index contributed by atoms with van der Waals surface area (Å²) in [6.07, 6.45) is 0. The molecule has 2 unspecified atom stereocenters. The first-order valence-electron chi connectivity index (χ1n) is 6.41. The average Bonchev–Trinajstić information content (AvgIpc) is 2.77. The fraction of sp³-hybridized carbons (Fsp3) is 0.333. The maximum atomic E-state index is 6.21. The van der Waals surface area contributed by atoms with Gasteiger partial charge in [-0.15, -0.1) is 11.3 Å². The highest BCUT2D eigenvalue weighted by Gasteiger charge is 2.21. The lowest BCUT2D eigenvalue weighted by Gasteiger charge is -2.31. The lowest BCUT2D eigenvalue weighted by atomic mass is 9.99. The fourth-order valence-electron chi connectivity index (χ4n) is 2.43. The lowest BCUT2D eigenvalue weighted by molar-refractivity contribution is 0.211. The van der Waals surface area contributed by atoms with Gasteiger partial charge in [0.25, 0.3) is 0 Å². The molecule has 108 valence electrons. The smallest absolute Gasteiger partial charge is 0.0701 e. The SMILES string of the molecule is CC(N)C(c1ccc(Br)cc1)N(C)Cc1csc(Br)c1. The second-order valence-corrected chi connectivity index (χ2v) is 8.24. The standard InChI is InChI=1S/C15H18Br2N2S/c1-10(18)15(12-3-5-13(16)6-4-12)19(2)8-11-7-14(17)20-9-11/h3-7,9-10,15H,8,18H2,1-2H3. The number of benzene rings is 1. The second kappa shape index (κ2) is 7.18. The molecule has 0 saturated heterocycles. The number of rotatable bonds is 5. The predicted octanol–water partition coefficient (Wildman–Crippen LogP) is 4.79. The van der Waals surface area contributed by atoms with E-state index in [-0.39, 0.29) is 12.1 Å². The monoisotopic (exact) mass is 416 g/mol. The molecular weight excluding hydrogens is 400 g/mol. The molecule has 20 heavy (non-hydrogen) atoms. The normalized spacial score (nSPS) is 14.5. The molecule has 0 saturated carbocycles. The summed E-state index contributed by atoms with van der Waals surface area (Å²) in [7, 11) is 2.13. The van der Waals surface area contributed by atoms with Crippen molar-refractivity contribution in [3.05, 3.63) is 55.1 Å². The van der Waals surface area contributed by atoms with E-state index in [0.29, 0.717) is 0 Å². The van der Waals surface area contributed by atoms with Gasteiger partial charge in [0.1, 0.15) is 0 Å².